The number of nitrogens with zero attached hydrogens (tertiary/aromatic N) is 2. The summed E-state index contributed by atoms with van der Waals surface area (Å²) in [5, 5.41) is 48.8. The van der Waals surface area contributed by atoms with Gasteiger partial charge in [-0.15, -0.1) is 0 Å². The summed E-state index contributed by atoms with van der Waals surface area (Å²) in [5.41, 5.74) is 2.90. The Morgan fingerprint density at radius 1 is 0.981 bits per heavy atom. The van der Waals surface area contributed by atoms with Gasteiger partial charge in [0.1, 0.15) is 29.8 Å². The van der Waals surface area contributed by atoms with Crippen molar-refractivity contribution in [1.82, 2.24) is 9.29 Å². The minimum Gasteiger partial charge on any atom is -0.490 e. The van der Waals surface area contributed by atoms with E-state index in [0.29, 0.717) is 30.0 Å². The van der Waals surface area contributed by atoms with Gasteiger partial charge in [-0.2, -0.15) is 4.31 Å². The van der Waals surface area contributed by atoms with E-state index in [4.69, 9.17) is 26.2 Å². The molecule has 2 aromatic carbocycles. The molecule has 2 saturated carbocycles. The van der Waals surface area contributed by atoms with E-state index in [0.717, 1.165) is 54.5 Å². The summed E-state index contributed by atoms with van der Waals surface area (Å²) in [4.78, 5) is 17.2. The van der Waals surface area contributed by atoms with Crippen molar-refractivity contribution < 1.29 is 48.2 Å². The third-order valence-corrected chi connectivity index (χ3v) is 12.8. The monoisotopic (exact) mass is 772 g/mol. The fraction of sp³-hybridized carbons (Fsp3) is 0.538. The molecular formula is C39H49ClN2O10S. The highest BCUT2D eigenvalue weighted by molar-refractivity contribution is 7.89. The van der Waals surface area contributed by atoms with Crippen molar-refractivity contribution in [2.24, 2.45) is 5.92 Å². The standard InChI is InChI=1S/C39H49ClN2O10S/c40-33-13-12-29(53(49,50)42-19-3-4-25(22-42)7-8-27(44)9-14-34(45)37(47)38(48)35(46)23-43)20-26(33)24-51-39(16-17-39)32-21-41-18-15-30(32)31-5-1-2-6-36(31)52-28-10-11-28/h1-2,5-6,12-13,15,18,20-21,25,28,34-35,37-38,43,45-48H,3-4,7-11,14,16-17,19,22-24H2/t25?,34-,35+,37+,38+/m1/s1. The molecule has 14 heteroatoms. The average Bonchev–Trinajstić information content (AvgIpc) is 4.13. The van der Waals surface area contributed by atoms with E-state index in [1.807, 2.05) is 36.5 Å². The third kappa shape index (κ3) is 9.64. The number of ether oxygens (including phenoxy) is 2. The van der Waals surface area contributed by atoms with E-state index in [1.165, 1.54) is 10.4 Å². The number of hydrogen-bond acceptors (Lipinski definition) is 11. The van der Waals surface area contributed by atoms with Gasteiger partial charge in [0.15, 0.2) is 0 Å². The van der Waals surface area contributed by atoms with Crippen LogP contribution < -0.4 is 4.74 Å². The van der Waals surface area contributed by atoms with Crippen LogP contribution in [0.15, 0.2) is 65.8 Å². The van der Waals surface area contributed by atoms with Crippen LogP contribution in [0.1, 0.15) is 75.3 Å². The number of para-hydroxylation sites is 1. The van der Waals surface area contributed by atoms with Crippen molar-refractivity contribution in [1.29, 1.82) is 0 Å². The molecule has 0 spiro atoms. The number of aliphatic hydroxyl groups is 5. The molecule has 0 amide bonds. The number of piperidine rings is 1. The van der Waals surface area contributed by atoms with Crippen LogP contribution in [0.4, 0.5) is 0 Å². The summed E-state index contributed by atoms with van der Waals surface area (Å²) >= 11 is 6.61. The number of aliphatic hydroxyl groups excluding tert-OH is 5. The molecule has 0 bridgehead atoms. The quantitative estimate of drug-likeness (QED) is 0.118. The van der Waals surface area contributed by atoms with Gasteiger partial charge in [0, 0.05) is 54.5 Å². The number of Topliss-reactive ketones (excluding diaryl/α,β-unsaturated/α-hetero) is 1. The van der Waals surface area contributed by atoms with Crippen LogP contribution in [0.25, 0.3) is 11.1 Å². The average molecular weight is 773 g/mol. The van der Waals surface area contributed by atoms with Crippen molar-refractivity contribution in [3.8, 4) is 16.9 Å². The Morgan fingerprint density at radius 3 is 2.47 bits per heavy atom. The Morgan fingerprint density at radius 2 is 1.74 bits per heavy atom. The van der Waals surface area contributed by atoms with Crippen LogP contribution in [-0.4, -0.2) is 99.2 Å². The molecule has 0 radical (unpaired) electrons. The number of carbonyl (C=O) groups is 1. The fourth-order valence-electron chi connectivity index (χ4n) is 6.96. The zero-order valence-corrected chi connectivity index (χ0v) is 31.2. The number of hydrogen-bond donors (Lipinski definition) is 5. The van der Waals surface area contributed by atoms with Gasteiger partial charge in [0.2, 0.25) is 10.0 Å². The van der Waals surface area contributed by atoms with Gasteiger partial charge in [0.05, 0.1) is 35.9 Å². The SMILES string of the molecule is O=C(CCC1CCCN(S(=O)(=O)c2ccc(Cl)c(COC3(c4cnccc4-c4ccccc4OC4CC4)CC3)c2)C1)CC[C@@H](O)[C@H](O)[C@@H](O)[C@@H](O)CO. The minimum atomic E-state index is -3.88. The highest BCUT2D eigenvalue weighted by Crippen LogP contribution is 2.53. The van der Waals surface area contributed by atoms with Crippen LogP contribution >= 0.6 is 11.6 Å². The molecule has 1 aromatic heterocycles. The number of pyridine rings is 1. The molecule has 3 aromatic rings. The largest absolute Gasteiger partial charge is 0.490 e. The van der Waals surface area contributed by atoms with Crippen LogP contribution in [-0.2, 0) is 31.8 Å². The number of halogens is 1. The molecule has 3 aliphatic rings. The summed E-state index contributed by atoms with van der Waals surface area (Å²) in [6.07, 6.45) is 2.82. The van der Waals surface area contributed by atoms with Crippen molar-refractivity contribution in [2.45, 2.75) is 112 Å². The normalized spacial score (nSPS) is 21.1. The molecule has 3 fully saturated rings. The molecule has 288 valence electrons. The molecule has 12 nitrogen and oxygen atoms in total. The predicted octanol–water partition coefficient (Wildman–Crippen LogP) is 4.12. The summed E-state index contributed by atoms with van der Waals surface area (Å²) in [7, 11) is -3.88. The lowest BCUT2D eigenvalue weighted by atomic mass is 9.92. The van der Waals surface area contributed by atoms with Crippen LogP contribution in [0.3, 0.4) is 0 Å². The molecule has 2 heterocycles. The van der Waals surface area contributed by atoms with Gasteiger partial charge in [-0.25, -0.2) is 8.42 Å². The molecular weight excluding hydrogens is 724 g/mol. The third-order valence-electron chi connectivity index (χ3n) is 10.5. The Balaban J connectivity index is 1.06. The maximum absolute atomic E-state index is 13.9. The van der Waals surface area contributed by atoms with Crippen molar-refractivity contribution >= 4 is 27.4 Å². The lowest BCUT2D eigenvalue weighted by Crippen LogP contribution is -2.45. The van der Waals surface area contributed by atoms with Gasteiger partial charge < -0.3 is 35.0 Å². The summed E-state index contributed by atoms with van der Waals surface area (Å²) < 4.78 is 42.1. The minimum absolute atomic E-state index is 0.0437. The van der Waals surface area contributed by atoms with Gasteiger partial charge in [-0.05, 0) is 98.7 Å². The second-order valence-corrected chi connectivity index (χ2v) is 16.9. The van der Waals surface area contributed by atoms with E-state index in [9.17, 15) is 33.6 Å². The molecule has 53 heavy (non-hydrogen) atoms. The van der Waals surface area contributed by atoms with Crippen molar-refractivity contribution in [3.05, 3.63) is 77.1 Å². The first-order valence-corrected chi connectivity index (χ1v) is 20.2. The lowest BCUT2D eigenvalue weighted by Gasteiger charge is -2.32. The van der Waals surface area contributed by atoms with Crippen LogP contribution in [0.2, 0.25) is 5.02 Å². The zero-order chi connectivity index (χ0) is 37.8. The Hall–Kier alpha value is -2.98. The van der Waals surface area contributed by atoms with Gasteiger partial charge in [-0.1, -0.05) is 29.8 Å². The molecule has 2 aliphatic carbocycles. The fourth-order valence-corrected chi connectivity index (χ4v) is 8.73. The maximum Gasteiger partial charge on any atom is 0.243 e. The number of benzene rings is 2. The summed E-state index contributed by atoms with van der Waals surface area (Å²) in [5.74, 6) is 0.618. The van der Waals surface area contributed by atoms with Crippen LogP contribution in [0, 0.1) is 5.92 Å². The molecule has 6 rings (SSSR count). The topological polar surface area (TPSA) is 187 Å². The van der Waals surface area contributed by atoms with Gasteiger partial charge >= 0.3 is 0 Å². The van der Waals surface area contributed by atoms with Crippen molar-refractivity contribution in [2.75, 3.05) is 19.7 Å². The zero-order valence-electron chi connectivity index (χ0n) is 29.6. The molecule has 5 N–H and O–H groups in total. The van der Waals surface area contributed by atoms with E-state index < -0.39 is 46.6 Å². The number of sulfonamides is 1. The van der Waals surface area contributed by atoms with E-state index >= 15 is 0 Å². The number of aromatic nitrogens is 1. The predicted molar refractivity (Wildman–Crippen MR) is 197 cm³/mol. The lowest BCUT2D eigenvalue weighted by molar-refractivity contribution is -0.125. The first kappa shape index (κ1) is 39.7. The first-order chi connectivity index (χ1) is 25.4. The number of ketones is 1. The first-order valence-electron chi connectivity index (χ1n) is 18.4. The van der Waals surface area contributed by atoms with Crippen LogP contribution in [0.5, 0.6) is 5.75 Å². The number of rotatable bonds is 19. The maximum atomic E-state index is 13.9. The van der Waals surface area contributed by atoms with Crippen molar-refractivity contribution in [3.63, 3.8) is 0 Å². The molecule has 1 unspecified atom stereocenters. The van der Waals surface area contributed by atoms with Gasteiger partial charge in [-0.3, -0.25) is 9.78 Å². The van der Waals surface area contributed by atoms with E-state index in [2.05, 4.69) is 4.98 Å². The summed E-state index contributed by atoms with van der Waals surface area (Å²) in [6, 6.07) is 14.6. The smallest absolute Gasteiger partial charge is 0.243 e. The summed E-state index contributed by atoms with van der Waals surface area (Å²) in [6.45, 7) is -0.0667. The Bertz CT molecular complexity index is 1840. The van der Waals surface area contributed by atoms with E-state index in [-0.39, 0.29) is 55.1 Å². The Labute approximate surface area is 315 Å². The number of carbonyl (C=O) groups excluding carboxylic acids is 1. The highest BCUT2D eigenvalue weighted by Gasteiger charge is 2.48. The molecule has 1 aliphatic heterocycles. The highest BCUT2D eigenvalue weighted by atomic mass is 35.5. The second-order valence-electron chi connectivity index (χ2n) is 14.6. The second kappa shape index (κ2) is 17.2. The van der Waals surface area contributed by atoms with Gasteiger partial charge in [0.25, 0.3) is 0 Å². The Kier molecular flexibility index (Phi) is 12.9. The molecule has 5 atom stereocenters. The molecule has 1 saturated heterocycles. The van der Waals surface area contributed by atoms with E-state index in [1.54, 1.807) is 18.3 Å².